The van der Waals surface area contributed by atoms with Gasteiger partial charge in [-0.05, 0) is 62.4 Å². The molecule has 2 bridgehead atoms. The summed E-state index contributed by atoms with van der Waals surface area (Å²) in [5.74, 6) is -1.27. The third-order valence-corrected chi connectivity index (χ3v) is 7.53. The number of carbonyl (C=O) groups is 4. The SMILES string of the molecule is CCc1ccc2occ(CC(=O)N3CCCCN(C)C(=O)[C@H](C)NC(=O)COc4cc(O)cc(c4)C(=O)NCCC3)c2c1. The number of ether oxygens (including phenoxy) is 1. The minimum atomic E-state index is -0.770. The highest BCUT2D eigenvalue weighted by molar-refractivity contribution is 5.95. The fourth-order valence-corrected chi connectivity index (χ4v) is 5.08. The number of likely N-dealkylation sites (N-methyl/N-ethyl adjacent to an activating group) is 1. The molecule has 43 heavy (non-hydrogen) atoms. The summed E-state index contributed by atoms with van der Waals surface area (Å²) in [6.45, 7) is 4.99. The zero-order valence-electron chi connectivity index (χ0n) is 25.0. The first kappa shape index (κ1) is 31.4. The molecular weight excluding hydrogens is 552 g/mol. The molecule has 4 rings (SSSR count). The lowest BCUT2D eigenvalue weighted by molar-refractivity contribution is -0.135. The number of benzene rings is 2. The predicted molar refractivity (Wildman–Crippen MR) is 161 cm³/mol. The number of phenolic OH excluding ortho intramolecular Hbond substituents is 1. The van der Waals surface area contributed by atoms with E-state index in [4.69, 9.17) is 9.15 Å². The fourth-order valence-electron chi connectivity index (χ4n) is 5.08. The first-order chi connectivity index (χ1) is 20.6. The Labute approximate surface area is 251 Å². The highest BCUT2D eigenvalue weighted by atomic mass is 16.5. The molecule has 1 atom stereocenters. The van der Waals surface area contributed by atoms with Gasteiger partial charge in [-0.2, -0.15) is 0 Å². The second kappa shape index (κ2) is 14.6. The summed E-state index contributed by atoms with van der Waals surface area (Å²) < 4.78 is 11.2. The summed E-state index contributed by atoms with van der Waals surface area (Å²) in [4.78, 5) is 54.9. The summed E-state index contributed by atoms with van der Waals surface area (Å²) in [7, 11) is 1.68. The number of aromatic hydroxyl groups is 1. The number of aryl methyl sites for hydroxylation is 1. The number of nitrogens with zero attached hydrogens (tertiary/aromatic N) is 2. The van der Waals surface area contributed by atoms with Crippen molar-refractivity contribution < 1.29 is 33.4 Å². The van der Waals surface area contributed by atoms with Crippen LogP contribution in [-0.4, -0.2) is 84.4 Å². The van der Waals surface area contributed by atoms with Crippen molar-refractivity contribution in [2.24, 2.45) is 0 Å². The topological polar surface area (TPSA) is 141 Å². The lowest BCUT2D eigenvalue weighted by Crippen LogP contribution is -2.47. The van der Waals surface area contributed by atoms with Crippen LogP contribution in [0.15, 0.2) is 47.1 Å². The Bertz CT molecular complexity index is 1470. The van der Waals surface area contributed by atoms with Gasteiger partial charge in [-0.25, -0.2) is 0 Å². The van der Waals surface area contributed by atoms with Crippen molar-refractivity contribution >= 4 is 34.6 Å². The lowest BCUT2D eigenvalue weighted by atomic mass is 10.1. The molecule has 11 heteroatoms. The van der Waals surface area contributed by atoms with Gasteiger partial charge < -0.3 is 34.7 Å². The van der Waals surface area contributed by atoms with Crippen LogP contribution in [0.1, 0.15) is 54.6 Å². The van der Waals surface area contributed by atoms with E-state index in [0.717, 1.165) is 23.0 Å². The number of rotatable bonds is 3. The smallest absolute Gasteiger partial charge is 0.258 e. The maximum absolute atomic E-state index is 13.5. The summed E-state index contributed by atoms with van der Waals surface area (Å²) in [5, 5.41) is 16.5. The molecule has 3 N–H and O–H groups in total. The summed E-state index contributed by atoms with van der Waals surface area (Å²) in [6, 6.07) is 9.27. The van der Waals surface area contributed by atoms with Gasteiger partial charge in [0.2, 0.25) is 11.8 Å². The molecule has 1 aromatic heterocycles. The average Bonchev–Trinajstić information content (AvgIpc) is 3.39. The van der Waals surface area contributed by atoms with Gasteiger partial charge in [-0.3, -0.25) is 19.2 Å². The van der Waals surface area contributed by atoms with E-state index in [9.17, 15) is 24.3 Å². The summed E-state index contributed by atoms with van der Waals surface area (Å²) in [6.07, 6.45) is 4.56. The summed E-state index contributed by atoms with van der Waals surface area (Å²) >= 11 is 0. The Morgan fingerprint density at radius 2 is 1.81 bits per heavy atom. The van der Waals surface area contributed by atoms with E-state index in [0.29, 0.717) is 45.4 Å². The molecule has 230 valence electrons. The third-order valence-electron chi connectivity index (χ3n) is 7.53. The molecule has 0 aliphatic carbocycles. The van der Waals surface area contributed by atoms with Crippen LogP contribution < -0.4 is 15.4 Å². The van der Waals surface area contributed by atoms with Gasteiger partial charge >= 0.3 is 0 Å². The van der Waals surface area contributed by atoms with Gasteiger partial charge in [0, 0.05) is 55.8 Å². The lowest BCUT2D eigenvalue weighted by Gasteiger charge is -2.25. The first-order valence-electron chi connectivity index (χ1n) is 14.7. The molecule has 1 aliphatic heterocycles. The van der Waals surface area contributed by atoms with Crippen LogP contribution in [0.3, 0.4) is 0 Å². The molecule has 1 aliphatic rings. The number of amides is 4. The second-order valence-electron chi connectivity index (χ2n) is 10.9. The normalized spacial score (nSPS) is 18.1. The van der Waals surface area contributed by atoms with Crippen molar-refractivity contribution in [3.63, 3.8) is 0 Å². The van der Waals surface area contributed by atoms with Crippen LogP contribution >= 0.6 is 0 Å². The van der Waals surface area contributed by atoms with Gasteiger partial charge in [0.25, 0.3) is 11.8 Å². The minimum absolute atomic E-state index is 0.0476. The largest absolute Gasteiger partial charge is 0.508 e. The van der Waals surface area contributed by atoms with Crippen molar-refractivity contribution in [3.8, 4) is 11.5 Å². The van der Waals surface area contributed by atoms with Crippen molar-refractivity contribution in [2.75, 3.05) is 39.8 Å². The predicted octanol–water partition coefficient (Wildman–Crippen LogP) is 3.03. The minimum Gasteiger partial charge on any atom is -0.508 e. The van der Waals surface area contributed by atoms with Crippen LogP contribution in [0.5, 0.6) is 11.5 Å². The monoisotopic (exact) mass is 592 g/mol. The molecule has 2 heterocycles. The second-order valence-corrected chi connectivity index (χ2v) is 10.9. The van der Waals surface area contributed by atoms with Crippen molar-refractivity contribution in [2.45, 2.75) is 52.0 Å². The number of nitrogens with one attached hydrogen (secondary N) is 2. The maximum atomic E-state index is 13.5. The number of hydrogen-bond donors (Lipinski definition) is 3. The Hall–Kier alpha value is -4.54. The van der Waals surface area contributed by atoms with E-state index in [2.05, 4.69) is 23.6 Å². The molecule has 11 nitrogen and oxygen atoms in total. The van der Waals surface area contributed by atoms with Crippen LogP contribution in [-0.2, 0) is 27.2 Å². The third kappa shape index (κ3) is 8.50. The van der Waals surface area contributed by atoms with E-state index in [1.807, 2.05) is 12.1 Å². The number of phenols is 1. The van der Waals surface area contributed by atoms with E-state index >= 15 is 0 Å². The molecule has 0 saturated carbocycles. The van der Waals surface area contributed by atoms with E-state index in [-0.39, 0.29) is 41.9 Å². The van der Waals surface area contributed by atoms with E-state index in [1.54, 1.807) is 30.0 Å². The Morgan fingerprint density at radius 1 is 1.05 bits per heavy atom. The van der Waals surface area contributed by atoms with Gasteiger partial charge in [-0.15, -0.1) is 0 Å². The number of furan rings is 1. The van der Waals surface area contributed by atoms with Gasteiger partial charge in [0.1, 0.15) is 23.1 Å². The van der Waals surface area contributed by atoms with Gasteiger partial charge in [0.15, 0.2) is 6.61 Å². The van der Waals surface area contributed by atoms with Gasteiger partial charge in [-0.1, -0.05) is 13.0 Å². The van der Waals surface area contributed by atoms with Crippen LogP contribution in [0, 0.1) is 0 Å². The molecule has 2 aromatic carbocycles. The molecule has 4 amide bonds. The van der Waals surface area contributed by atoms with Gasteiger partial charge in [0.05, 0.1) is 12.7 Å². The van der Waals surface area contributed by atoms with Crippen molar-refractivity contribution in [1.82, 2.24) is 20.4 Å². The highest BCUT2D eigenvalue weighted by Crippen LogP contribution is 2.24. The Kier molecular flexibility index (Phi) is 10.6. The number of carbonyl (C=O) groups excluding carboxylic acids is 4. The average molecular weight is 593 g/mol. The molecule has 0 saturated heterocycles. The first-order valence-corrected chi connectivity index (χ1v) is 14.7. The summed E-state index contributed by atoms with van der Waals surface area (Å²) in [5.41, 5.74) is 2.91. The zero-order valence-corrected chi connectivity index (χ0v) is 25.0. The Morgan fingerprint density at radius 3 is 2.60 bits per heavy atom. The quantitative estimate of drug-likeness (QED) is 0.425. The number of fused-ring (bicyclic) bond motifs is 3. The molecule has 0 spiro atoms. The van der Waals surface area contributed by atoms with Crippen molar-refractivity contribution in [3.05, 3.63) is 59.4 Å². The molecule has 3 aromatic rings. The van der Waals surface area contributed by atoms with Crippen molar-refractivity contribution in [1.29, 1.82) is 0 Å². The maximum Gasteiger partial charge on any atom is 0.258 e. The fraction of sp³-hybridized carbons (Fsp3) is 0.438. The van der Waals surface area contributed by atoms with E-state index < -0.39 is 17.9 Å². The highest BCUT2D eigenvalue weighted by Gasteiger charge is 2.21. The van der Waals surface area contributed by atoms with Crippen LogP contribution in [0.25, 0.3) is 11.0 Å². The van der Waals surface area contributed by atoms with Crippen LogP contribution in [0.4, 0.5) is 0 Å². The molecule has 0 radical (unpaired) electrons. The molecule has 0 unspecified atom stereocenters. The molecular formula is C32H40N4O7. The number of hydrogen-bond acceptors (Lipinski definition) is 7. The standard InChI is InChI=1S/C32H40N4O7/c1-4-22-8-9-28-27(14-22)24(19-43-28)17-30(39)36-12-6-5-11-35(3)32(41)21(2)34-29(38)20-42-26-16-23(15-25(37)18-26)31(40)33-10-7-13-36/h8-9,14-16,18-19,21,37H,4-7,10-13,17,20H2,1-3H3,(H,33,40)(H,34,38)/t21-/m0/s1. The molecule has 0 fully saturated rings. The Balaban J connectivity index is 1.48. The zero-order chi connectivity index (χ0) is 30.9. The van der Waals surface area contributed by atoms with Crippen LogP contribution in [0.2, 0.25) is 0 Å². The van der Waals surface area contributed by atoms with E-state index in [1.165, 1.54) is 23.8 Å².